The van der Waals surface area contributed by atoms with Crippen LogP contribution in [0.5, 0.6) is 0 Å². The van der Waals surface area contributed by atoms with Crippen molar-refractivity contribution in [2.24, 2.45) is 29.2 Å². The summed E-state index contributed by atoms with van der Waals surface area (Å²) < 4.78 is 1.14. The van der Waals surface area contributed by atoms with E-state index in [9.17, 15) is 82.8 Å². The van der Waals surface area contributed by atoms with Crippen LogP contribution < -0.4 is 65.0 Å². The maximum Gasteiger partial charge on any atom is 0.326 e. The highest BCUT2D eigenvalue weighted by Gasteiger charge is 2.38. The molecule has 1 aromatic heterocycles. The molecule has 0 spiro atoms. The number of carbonyl (C=O) groups is 12. The normalized spacial score (nSPS) is 15.0. The van der Waals surface area contributed by atoms with E-state index >= 15 is 0 Å². The summed E-state index contributed by atoms with van der Waals surface area (Å²) in [5.41, 5.74) is 12.0. The number of nitrogens with two attached hydrogens (primary N) is 2. The number of aromatic nitrogens is 2. The predicted octanol–water partition coefficient (Wildman–Crippen LogP) is -2.67. The molecule has 2 aromatic carbocycles. The SMILES string of the molecule is CC(C)C[C@H](NC(=O)[C@H](CC(C)C)NC(=O)[C@H](CCCCN)NC(=O)[C@H](Cn1c(=O)[nH]c2ccccc21)NC(=O)[C@H](CC(C)C)NC(=O)[C@H](CC(=O)O)NC(=O)[C@H](CO)NC(=O)[C@H](Cc1ccccc1)NC(=O)[C@@H](NC(=O)[C@@H](N)CCC(=O)O)[C@@H](C)O)C(=O)O. The summed E-state index contributed by atoms with van der Waals surface area (Å²) in [6.07, 6.45) is -3.32. The van der Waals surface area contributed by atoms with Gasteiger partial charge in [-0.25, -0.2) is 9.59 Å². The third-order valence-electron chi connectivity index (χ3n) is 14.1. The Kier molecular flexibility index (Phi) is 31.2. The molecule has 11 atom stereocenters. The number of carbonyl (C=O) groups excluding carboxylic acids is 9. The smallest absolute Gasteiger partial charge is 0.326 e. The summed E-state index contributed by atoms with van der Waals surface area (Å²) in [5.74, 6) is -14.5. The van der Waals surface area contributed by atoms with Crippen LogP contribution in [-0.4, -0.2) is 186 Å². The van der Waals surface area contributed by atoms with E-state index in [1.54, 1.807) is 96.1 Å². The van der Waals surface area contributed by atoms with E-state index in [1.165, 1.54) is 0 Å². The lowest BCUT2D eigenvalue weighted by Gasteiger charge is -2.29. The number of rotatable bonds is 40. The number of benzene rings is 2. The minimum Gasteiger partial charge on any atom is -0.481 e. The van der Waals surface area contributed by atoms with Crippen molar-refractivity contribution in [3.05, 3.63) is 70.6 Å². The Morgan fingerprint density at radius 1 is 0.511 bits per heavy atom. The third kappa shape index (κ3) is 25.4. The first-order valence-electron chi connectivity index (χ1n) is 29.7. The number of amides is 9. The first-order chi connectivity index (χ1) is 42.3. The molecule has 3 aromatic rings. The number of nitrogens with zero attached hydrogens (tertiary/aromatic N) is 1. The number of hydrogen-bond acceptors (Lipinski definition) is 17. The van der Waals surface area contributed by atoms with E-state index in [4.69, 9.17) is 16.6 Å². The molecular formula is C59H89N13O18. The van der Waals surface area contributed by atoms with E-state index in [1.807, 2.05) is 0 Å². The van der Waals surface area contributed by atoms with Crippen LogP contribution in [0.25, 0.3) is 11.0 Å². The maximum absolute atomic E-state index is 14.7. The van der Waals surface area contributed by atoms with Crippen molar-refractivity contribution in [3.63, 3.8) is 0 Å². The fraction of sp³-hybridized carbons (Fsp3) is 0.576. The van der Waals surface area contributed by atoms with Gasteiger partial charge in [0, 0.05) is 12.8 Å². The number of para-hydroxylation sites is 2. The van der Waals surface area contributed by atoms with Gasteiger partial charge in [0.15, 0.2) is 0 Å². The molecule has 19 N–H and O–H groups in total. The number of fused-ring (bicyclic) bond motifs is 1. The number of aliphatic hydroxyl groups excluding tert-OH is 2. The van der Waals surface area contributed by atoms with Crippen LogP contribution in [0.3, 0.4) is 0 Å². The van der Waals surface area contributed by atoms with Crippen LogP contribution in [-0.2, 0) is 70.5 Å². The Labute approximate surface area is 519 Å². The van der Waals surface area contributed by atoms with E-state index in [0.717, 1.165) is 11.5 Å². The fourth-order valence-electron chi connectivity index (χ4n) is 9.41. The van der Waals surface area contributed by atoms with Gasteiger partial charge in [-0.15, -0.1) is 0 Å². The topological polar surface area (TPSA) is 504 Å². The molecule has 0 saturated carbocycles. The van der Waals surface area contributed by atoms with Crippen molar-refractivity contribution in [1.82, 2.24) is 57.4 Å². The average molecular weight is 1270 g/mol. The minimum atomic E-state index is -2.04. The largest absolute Gasteiger partial charge is 0.481 e. The van der Waals surface area contributed by atoms with Crippen molar-refractivity contribution in [2.75, 3.05) is 13.2 Å². The van der Waals surface area contributed by atoms with E-state index in [-0.39, 0.29) is 63.3 Å². The minimum absolute atomic E-state index is 0.0564. The summed E-state index contributed by atoms with van der Waals surface area (Å²) in [5, 5.41) is 71.6. The van der Waals surface area contributed by atoms with Crippen molar-refractivity contribution < 1.29 is 83.1 Å². The van der Waals surface area contributed by atoms with Gasteiger partial charge in [0.25, 0.3) is 0 Å². The molecule has 0 fully saturated rings. The standard InChI is InChI=1S/C59H89N13O18/c1-30(2)23-38(51(81)67-42(58(88)89)25-32(5)6)63-50(80)37(18-13-14-22-60)62-55(85)43(28-72-45-19-12-11-17-36(45)70-59(72)90)68-52(82)39(24-31(3)4)64-54(84)41(27-47(77)78)65-56(86)44(29-73)69-53(83)40(26-34-15-9-8-10-16-34)66-57(87)48(33(7)74)71-49(79)35(61)20-21-46(75)76/h8-12,15-17,19,30-33,35,37-44,48,73-74H,13-14,18,20-29,60-61H2,1-7H3,(H,62,85)(H,63,80)(H,64,84)(H,65,86)(H,66,87)(H,67,81)(H,68,82)(H,69,83)(H,70,90)(H,71,79)(H,75,76)(H,77,78)(H,88,89)/t33-,35+,37+,38+,39+,40+,41+,42+,43+,44+,48+/m1/s1. The number of unbranched alkanes of at least 4 members (excludes halogenated alkanes) is 1. The summed E-state index contributed by atoms with van der Waals surface area (Å²) in [6.45, 7) is 9.98. The number of H-pyrrole nitrogens is 1. The Balaban J connectivity index is 1.99. The van der Waals surface area contributed by atoms with Gasteiger partial charge in [0.2, 0.25) is 53.2 Å². The molecule has 0 bridgehead atoms. The fourth-order valence-corrected chi connectivity index (χ4v) is 9.41. The second-order valence-electron chi connectivity index (χ2n) is 23.3. The van der Waals surface area contributed by atoms with Gasteiger partial charge in [0.05, 0.1) is 42.8 Å². The number of nitrogens with one attached hydrogen (secondary N) is 10. The van der Waals surface area contributed by atoms with Crippen LogP contribution in [0, 0.1) is 17.8 Å². The molecule has 0 radical (unpaired) electrons. The molecule has 0 unspecified atom stereocenters. The monoisotopic (exact) mass is 1270 g/mol. The summed E-state index contributed by atoms with van der Waals surface area (Å²) in [7, 11) is 0. The first-order valence-corrected chi connectivity index (χ1v) is 29.7. The Morgan fingerprint density at radius 2 is 0.967 bits per heavy atom. The van der Waals surface area contributed by atoms with Gasteiger partial charge in [-0.05, 0) is 93.9 Å². The quantitative estimate of drug-likeness (QED) is 0.0258. The maximum atomic E-state index is 14.7. The van der Waals surface area contributed by atoms with Crippen LogP contribution in [0.4, 0.5) is 0 Å². The molecule has 0 saturated heterocycles. The Bertz CT molecular complexity index is 3010. The number of carboxylic acids is 3. The molecule has 1 heterocycles. The van der Waals surface area contributed by atoms with E-state index in [2.05, 4.69) is 52.8 Å². The number of aliphatic hydroxyl groups is 2. The Hall–Kier alpha value is -8.81. The van der Waals surface area contributed by atoms with Gasteiger partial charge in [-0.3, -0.25) is 57.3 Å². The highest BCUT2D eigenvalue weighted by atomic mass is 16.4. The van der Waals surface area contributed by atoms with Gasteiger partial charge in [-0.2, -0.15) is 0 Å². The van der Waals surface area contributed by atoms with Crippen molar-refractivity contribution in [2.45, 2.75) is 186 Å². The molecule has 0 aliphatic carbocycles. The molecule has 0 aliphatic rings. The van der Waals surface area contributed by atoms with Crippen LogP contribution in [0.1, 0.15) is 112 Å². The molecular weight excluding hydrogens is 1180 g/mol. The summed E-state index contributed by atoms with van der Waals surface area (Å²) >= 11 is 0. The van der Waals surface area contributed by atoms with E-state index in [0.29, 0.717) is 23.0 Å². The summed E-state index contributed by atoms with van der Waals surface area (Å²) in [6, 6.07) is -1.72. The van der Waals surface area contributed by atoms with Crippen molar-refractivity contribution >= 4 is 82.1 Å². The highest BCUT2D eigenvalue weighted by Crippen LogP contribution is 2.15. The van der Waals surface area contributed by atoms with Crippen LogP contribution >= 0.6 is 0 Å². The lowest BCUT2D eigenvalue weighted by molar-refractivity contribution is -0.143. The molecule has 31 nitrogen and oxygen atoms in total. The zero-order valence-electron chi connectivity index (χ0n) is 51.6. The molecule has 31 heteroatoms. The molecule has 0 aliphatic heterocycles. The number of imidazole rings is 1. The molecule has 90 heavy (non-hydrogen) atoms. The second kappa shape index (κ2) is 37.2. The van der Waals surface area contributed by atoms with Crippen molar-refractivity contribution in [3.8, 4) is 0 Å². The van der Waals surface area contributed by atoms with Gasteiger partial charge in [-0.1, -0.05) is 84.0 Å². The molecule has 3 rings (SSSR count). The Morgan fingerprint density at radius 3 is 1.50 bits per heavy atom. The lowest BCUT2D eigenvalue weighted by atomic mass is 9.99. The van der Waals surface area contributed by atoms with Gasteiger partial charge >= 0.3 is 23.6 Å². The first kappa shape index (κ1) is 75.4. The zero-order valence-corrected chi connectivity index (χ0v) is 51.6. The number of carboxylic acid groups (broad SMARTS) is 3. The number of aromatic amines is 1. The van der Waals surface area contributed by atoms with Gasteiger partial charge in [0.1, 0.15) is 54.4 Å². The van der Waals surface area contributed by atoms with E-state index < -0.39 is 175 Å². The van der Waals surface area contributed by atoms with Gasteiger partial charge < -0.3 is 89.8 Å². The second-order valence-corrected chi connectivity index (χ2v) is 23.3. The number of hydrogen-bond donors (Lipinski definition) is 17. The third-order valence-corrected chi connectivity index (χ3v) is 14.1. The predicted molar refractivity (Wildman–Crippen MR) is 325 cm³/mol. The zero-order chi connectivity index (χ0) is 67.5. The van der Waals surface area contributed by atoms with Crippen LogP contribution in [0.2, 0.25) is 0 Å². The summed E-state index contributed by atoms with van der Waals surface area (Å²) in [4.78, 5) is 178. The highest BCUT2D eigenvalue weighted by molar-refractivity contribution is 5.99. The molecule has 9 amide bonds. The average Bonchev–Trinajstić information content (AvgIpc) is 1.69. The van der Waals surface area contributed by atoms with Crippen molar-refractivity contribution in [1.29, 1.82) is 0 Å². The van der Waals surface area contributed by atoms with Crippen LogP contribution in [0.15, 0.2) is 59.4 Å². The molecule has 498 valence electrons. The lowest BCUT2D eigenvalue weighted by Crippen LogP contribution is -2.62. The number of aliphatic carboxylic acids is 3.